The van der Waals surface area contributed by atoms with Crippen LogP contribution in [0.25, 0.3) is 27.3 Å². The predicted molar refractivity (Wildman–Crippen MR) is 146 cm³/mol. The molecule has 1 atom stereocenters. The summed E-state index contributed by atoms with van der Waals surface area (Å²) in [6.45, 7) is 0. The Morgan fingerprint density at radius 3 is 2.27 bits per heavy atom. The van der Waals surface area contributed by atoms with E-state index in [0.29, 0.717) is 17.0 Å². The van der Waals surface area contributed by atoms with Crippen molar-refractivity contribution in [2.45, 2.75) is 6.04 Å². The van der Waals surface area contributed by atoms with Crippen molar-refractivity contribution >= 4 is 44.7 Å². The van der Waals surface area contributed by atoms with Crippen molar-refractivity contribution < 1.29 is 19.4 Å². The van der Waals surface area contributed by atoms with Crippen LogP contribution in [0, 0.1) is 0 Å². The van der Waals surface area contributed by atoms with Crippen LogP contribution in [0.2, 0.25) is 0 Å². The second-order valence-corrected chi connectivity index (χ2v) is 9.00. The third kappa shape index (κ3) is 3.72. The highest BCUT2D eigenvalue weighted by atomic mass is 16.5. The van der Waals surface area contributed by atoms with E-state index >= 15 is 0 Å². The summed E-state index contributed by atoms with van der Waals surface area (Å²) in [5.74, 6) is -1.07. The average molecular weight is 486 g/mol. The summed E-state index contributed by atoms with van der Waals surface area (Å²) in [6.07, 6.45) is 0. The summed E-state index contributed by atoms with van der Waals surface area (Å²) in [5.41, 5.74) is 1.80. The normalized spacial score (nSPS) is 17.0. The number of aliphatic hydroxyl groups excluding tert-OH is 1. The molecule has 0 aliphatic carbocycles. The Hall–Kier alpha value is -4.90. The molecule has 1 unspecified atom stereocenters. The summed E-state index contributed by atoms with van der Waals surface area (Å²) < 4.78 is 5.39. The molecule has 0 aromatic heterocycles. The molecule has 5 nitrogen and oxygen atoms in total. The third-order valence-electron chi connectivity index (χ3n) is 6.92. The predicted octanol–water partition coefficient (Wildman–Crippen LogP) is 6.63. The Labute approximate surface area is 213 Å². The molecule has 0 radical (unpaired) electrons. The lowest BCUT2D eigenvalue weighted by Crippen LogP contribution is -2.29. The lowest BCUT2D eigenvalue weighted by Gasteiger charge is -2.26. The van der Waals surface area contributed by atoms with Gasteiger partial charge in [-0.05, 0) is 45.3 Å². The van der Waals surface area contributed by atoms with E-state index in [0.717, 1.165) is 27.1 Å². The molecule has 0 saturated carbocycles. The van der Waals surface area contributed by atoms with Gasteiger partial charge < -0.3 is 9.84 Å². The smallest absolute Gasteiger partial charge is 0.300 e. The Kier molecular flexibility index (Phi) is 5.46. The molecular weight excluding hydrogens is 462 g/mol. The zero-order valence-electron chi connectivity index (χ0n) is 20.1. The first-order valence-corrected chi connectivity index (χ1v) is 12.0. The quantitative estimate of drug-likeness (QED) is 0.176. The number of nitrogens with zero attached hydrogens (tertiary/aromatic N) is 1. The highest BCUT2D eigenvalue weighted by Gasteiger charge is 2.47. The van der Waals surface area contributed by atoms with Crippen molar-refractivity contribution in [2.75, 3.05) is 12.0 Å². The van der Waals surface area contributed by atoms with Crippen molar-refractivity contribution in [2.24, 2.45) is 0 Å². The number of hydrogen-bond acceptors (Lipinski definition) is 4. The molecular formula is C32H23NO4. The number of carbonyl (C=O) groups excluding carboxylic acids is 2. The Balaban J connectivity index is 1.63. The monoisotopic (exact) mass is 485 g/mol. The molecule has 1 fully saturated rings. The number of anilines is 1. The van der Waals surface area contributed by atoms with Crippen LogP contribution in [0.3, 0.4) is 0 Å². The maximum absolute atomic E-state index is 13.6. The topological polar surface area (TPSA) is 66.8 Å². The van der Waals surface area contributed by atoms with Gasteiger partial charge in [-0.15, -0.1) is 0 Å². The van der Waals surface area contributed by atoms with Crippen LogP contribution in [0.1, 0.15) is 17.2 Å². The summed E-state index contributed by atoms with van der Waals surface area (Å²) in [7, 11) is 1.55. The molecule has 1 aliphatic rings. The first-order valence-electron chi connectivity index (χ1n) is 12.0. The number of amides is 1. The minimum Gasteiger partial charge on any atom is -0.507 e. The molecule has 1 amide bonds. The molecule has 180 valence electrons. The molecule has 1 heterocycles. The maximum Gasteiger partial charge on any atom is 0.300 e. The second kappa shape index (κ2) is 8.95. The van der Waals surface area contributed by atoms with Crippen LogP contribution in [-0.4, -0.2) is 23.9 Å². The third-order valence-corrected chi connectivity index (χ3v) is 6.92. The molecule has 1 aliphatic heterocycles. The Morgan fingerprint density at radius 2 is 1.46 bits per heavy atom. The van der Waals surface area contributed by atoms with E-state index in [1.807, 2.05) is 78.9 Å². The average Bonchev–Trinajstić information content (AvgIpc) is 3.21. The molecule has 6 rings (SSSR count). The number of Topliss-reactive ketones (excluding diaryl/α,β-unsaturated/α-hetero) is 1. The standard InChI is InChI=1S/C32H23NO4/c1-37-25-13-7-12-24(19-25)33-29(27-15-6-11-21-9-4-5-14-26(21)27)28(31(35)32(33)36)30(34)23-17-16-20-8-2-3-10-22(20)18-23/h2-19,29,34H,1H3/b30-28-. The van der Waals surface area contributed by atoms with E-state index in [2.05, 4.69) is 0 Å². The fraction of sp³-hybridized carbons (Fsp3) is 0.0625. The number of hydrogen-bond donors (Lipinski definition) is 1. The van der Waals surface area contributed by atoms with Crippen molar-refractivity contribution in [3.63, 3.8) is 0 Å². The molecule has 1 N–H and O–H groups in total. The van der Waals surface area contributed by atoms with Crippen LogP contribution in [-0.2, 0) is 9.59 Å². The number of carbonyl (C=O) groups is 2. The molecule has 0 spiro atoms. The zero-order chi connectivity index (χ0) is 25.5. The Morgan fingerprint density at radius 1 is 0.757 bits per heavy atom. The van der Waals surface area contributed by atoms with Crippen LogP contribution in [0.5, 0.6) is 5.75 Å². The number of fused-ring (bicyclic) bond motifs is 2. The molecule has 0 bridgehead atoms. The summed E-state index contributed by atoms with van der Waals surface area (Å²) in [6, 6.07) is 33.1. The van der Waals surface area contributed by atoms with E-state index < -0.39 is 17.7 Å². The molecule has 1 saturated heterocycles. The summed E-state index contributed by atoms with van der Waals surface area (Å²) in [4.78, 5) is 28.6. The minimum absolute atomic E-state index is 0.0551. The molecule has 5 aromatic carbocycles. The first kappa shape index (κ1) is 22.6. The van der Waals surface area contributed by atoms with E-state index in [9.17, 15) is 14.7 Å². The highest BCUT2D eigenvalue weighted by molar-refractivity contribution is 6.52. The molecule has 5 aromatic rings. The van der Waals surface area contributed by atoms with Crippen LogP contribution in [0.4, 0.5) is 5.69 Å². The van der Waals surface area contributed by atoms with Crippen molar-refractivity contribution in [3.8, 4) is 5.75 Å². The van der Waals surface area contributed by atoms with Crippen molar-refractivity contribution in [3.05, 3.63) is 126 Å². The van der Waals surface area contributed by atoms with Gasteiger partial charge >= 0.3 is 0 Å². The molecule has 5 heteroatoms. The Bertz CT molecular complexity index is 1730. The van der Waals surface area contributed by atoms with Gasteiger partial charge in [0.1, 0.15) is 11.5 Å². The number of ketones is 1. The van der Waals surface area contributed by atoms with Gasteiger partial charge in [0.2, 0.25) is 0 Å². The van der Waals surface area contributed by atoms with Gasteiger partial charge in [0.05, 0.1) is 18.7 Å². The van der Waals surface area contributed by atoms with Gasteiger partial charge in [0.25, 0.3) is 11.7 Å². The fourth-order valence-corrected chi connectivity index (χ4v) is 5.13. The van der Waals surface area contributed by atoms with Gasteiger partial charge in [0.15, 0.2) is 0 Å². The largest absolute Gasteiger partial charge is 0.507 e. The highest BCUT2D eigenvalue weighted by Crippen LogP contribution is 2.44. The lowest BCUT2D eigenvalue weighted by atomic mass is 9.91. The van der Waals surface area contributed by atoms with Gasteiger partial charge in [-0.3, -0.25) is 14.5 Å². The van der Waals surface area contributed by atoms with Crippen LogP contribution < -0.4 is 9.64 Å². The van der Waals surface area contributed by atoms with Crippen molar-refractivity contribution in [1.29, 1.82) is 0 Å². The lowest BCUT2D eigenvalue weighted by molar-refractivity contribution is -0.132. The van der Waals surface area contributed by atoms with Crippen LogP contribution in [0.15, 0.2) is 115 Å². The van der Waals surface area contributed by atoms with Crippen molar-refractivity contribution in [1.82, 2.24) is 0 Å². The SMILES string of the molecule is COc1cccc(N2C(=O)C(=O)/C(=C(\O)c3ccc4ccccc4c3)C2c2cccc3ccccc23)c1. The number of rotatable bonds is 4. The van der Waals surface area contributed by atoms with E-state index in [4.69, 9.17) is 4.74 Å². The van der Waals surface area contributed by atoms with Gasteiger partial charge in [-0.2, -0.15) is 0 Å². The van der Waals surface area contributed by atoms with Gasteiger partial charge in [-0.1, -0.05) is 84.9 Å². The van der Waals surface area contributed by atoms with E-state index in [1.54, 1.807) is 37.4 Å². The van der Waals surface area contributed by atoms with Crippen LogP contribution >= 0.6 is 0 Å². The molecule has 37 heavy (non-hydrogen) atoms. The first-order chi connectivity index (χ1) is 18.1. The summed E-state index contributed by atoms with van der Waals surface area (Å²) >= 11 is 0. The van der Waals surface area contributed by atoms with E-state index in [1.165, 1.54) is 4.90 Å². The number of benzene rings is 5. The maximum atomic E-state index is 13.6. The number of methoxy groups -OCH3 is 1. The summed E-state index contributed by atoms with van der Waals surface area (Å²) in [5, 5.41) is 15.4. The number of aliphatic hydroxyl groups is 1. The van der Waals surface area contributed by atoms with Gasteiger partial charge in [-0.25, -0.2) is 0 Å². The zero-order valence-corrected chi connectivity index (χ0v) is 20.1. The second-order valence-electron chi connectivity index (χ2n) is 9.00. The minimum atomic E-state index is -0.829. The van der Waals surface area contributed by atoms with Gasteiger partial charge in [0, 0.05) is 17.3 Å². The van der Waals surface area contributed by atoms with E-state index in [-0.39, 0.29) is 11.3 Å². The number of ether oxygens (including phenoxy) is 1. The fourth-order valence-electron chi connectivity index (χ4n) is 5.13.